The summed E-state index contributed by atoms with van der Waals surface area (Å²) in [5, 5.41) is 11.6. The van der Waals surface area contributed by atoms with E-state index in [0.717, 1.165) is 0 Å². The van der Waals surface area contributed by atoms with Gasteiger partial charge in [-0.2, -0.15) is 0 Å². The van der Waals surface area contributed by atoms with Crippen LogP contribution in [-0.2, 0) is 0 Å². The molecule has 0 spiro atoms. The maximum absolute atomic E-state index is 13.5. The van der Waals surface area contributed by atoms with Crippen molar-refractivity contribution >= 4 is 5.84 Å². The molecule has 0 saturated carbocycles. The fourth-order valence-corrected chi connectivity index (χ4v) is 1.47. The van der Waals surface area contributed by atoms with Gasteiger partial charge in [0, 0.05) is 0 Å². The van der Waals surface area contributed by atoms with Crippen molar-refractivity contribution in [2.24, 2.45) is 10.9 Å². The molecule has 0 atom stereocenters. The standard InChI is InChI=1S/C13H11FN2O2/c14-10-6-2-4-8-12(10)18-11-7-3-1-5-9(11)13(15)16-17/h1-8,17H,(H2,15,16). The van der Waals surface area contributed by atoms with E-state index in [1.54, 1.807) is 36.4 Å². The highest BCUT2D eigenvalue weighted by atomic mass is 19.1. The number of halogens is 1. The Bertz CT molecular complexity index is 585. The largest absolute Gasteiger partial charge is 0.454 e. The molecule has 0 aliphatic carbocycles. The van der Waals surface area contributed by atoms with E-state index < -0.39 is 5.82 Å². The molecule has 4 nitrogen and oxygen atoms in total. The van der Waals surface area contributed by atoms with Gasteiger partial charge in [-0.15, -0.1) is 0 Å². The van der Waals surface area contributed by atoms with Gasteiger partial charge in [-0.1, -0.05) is 29.4 Å². The Labute approximate surface area is 103 Å². The van der Waals surface area contributed by atoms with Crippen molar-refractivity contribution in [2.45, 2.75) is 0 Å². The number of hydrogen-bond donors (Lipinski definition) is 2. The Morgan fingerprint density at radius 1 is 1.06 bits per heavy atom. The predicted octanol–water partition coefficient (Wildman–Crippen LogP) is 2.71. The van der Waals surface area contributed by atoms with Gasteiger partial charge in [-0.25, -0.2) is 4.39 Å². The highest BCUT2D eigenvalue weighted by Gasteiger charge is 2.10. The summed E-state index contributed by atoms with van der Waals surface area (Å²) in [5.41, 5.74) is 5.90. The number of nitrogens with zero attached hydrogens (tertiary/aromatic N) is 1. The molecule has 92 valence electrons. The summed E-state index contributed by atoms with van der Waals surface area (Å²) in [6.45, 7) is 0. The summed E-state index contributed by atoms with van der Waals surface area (Å²) in [5.74, 6) is -0.178. The molecule has 3 N–H and O–H groups in total. The fraction of sp³-hybridized carbons (Fsp3) is 0. The maximum atomic E-state index is 13.5. The number of ether oxygens (including phenoxy) is 1. The van der Waals surface area contributed by atoms with Crippen LogP contribution >= 0.6 is 0 Å². The topological polar surface area (TPSA) is 67.8 Å². The zero-order valence-corrected chi connectivity index (χ0v) is 9.38. The van der Waals surface area contributed by atoms with Crippen LogP contribution in [0.1, 0.15) is 5.56 Å². The van der Waals surface area contributed by atoms with Gasteiger partial charge in [0.25, 0.3) is 0 Å². The number of para-hydroxylation sites is 2. The Balaban J connectivity index is 2.38. The number of hydrogen-bond acceptors (Lipinski definition) is 3. The molecule has 0 unspecified atom stereocenters. The molecule has 0 fully saturated rings. The number of amidine groups is 1. The molecule has 2 aromatic rings. The molecule has 5 heteroatoms. The van der Waals surface area contributed by atoms with Crippen LogP contribution in [0.15, 0.2) is 53.7 Å². The molecular weight excluding hydrogens is 235 g/mol. The first-order valence-electron chi connectivity index (χ1n) is 5.21. The summed E-state index contributed by atoms with van der Waals surface area (Å²) >= 11 is 0. The Kier molecular flexibility index (Phi) is 3.43. The van der Waals surface area contributed by atoms with Gasteiger partial charge < -0.3 is 15.7 Å². The van der Waals surface area contributed by atoms with Crippen LogP contribution in [0.3, 0.4) is 0 Å². The van der Waals surface area contributed by atoms with E-state index in [1.165, 1.54) is 12.1 Å². The zero-order chi connectivity index (χ0) is 13.0. The average molecular weight is 246 g/mol. The van der Waals surface area contributed by atoms with Gasteiger partial charge >= 0.3 is 0 Å². The second-order valence-electron chi connectivity index (χ2n) is 3.51. The third-order valence-electron chi connectivity index (χ3n) is 2.33. The average Bonchev–Trinajstić information content (AvgIpc) is 2.41. The minimum atomic E-state index is -0.480. The lowest BCUT2D eigenvalue weighted by molar-refractivity contribution is 0.318. The van der Waals surface area contributed by atoms with E-state index in [2.05, 4.69) is 5.16 Å². The SMILES string of the molecule is N/C(=N\O)c1ccccc1Oc1ccccc1F. The summed E-state index contributed by atoms with van der Waals surface area (Å²) in [7, 11) is 0. The van der Waals surface area contributed by atoms with E-state index in [9.17, 15) is 4.39 Å². The monoisotopic (exact) mass is 246 g/mol. The molecule has 0 heterocycles. The van der Waals surface area contributed by atoms with Crippen LogP contribution in [0.25, 0.3) is 0 Å². The molecule has 0 aliphatic rings. The third-order valence-corrected chi connectivity index (χ3v) is 2.33. The Morgan fingerprint density at radius 2 is 1.67 bits per heavy atom. The lowest BCUT2D eigenvalue weighted by Gasteiger charge is -2.10. The van der Waals surface area contributed by atoms with Gasteiger partial charge in [0.1, 0.15) is 5.75 Å². The maximum Gasteiger partial charge on any atom is 0.173 e. The van der Waals surface area contributed by atoms with Crippen molar-refractivity contribution in [3.8, 4) is 11.5 Å². The zero-order valence-electron chi connectivity index (χ0n) is 9.38. The van der Waals surface area contributed by atoms with Crippen molar-refractivity contribution in [3.63, 3.8) is 0 Å². The Morgan fingerprint density at radius 3 is 2.33 bits per heavy atom. The molecule has 0 radical (unpaired) electrons. The van der Waals surface area contributed by atoms with E-state index in [-0.39, 0.29) is 11.6 Å². The van der Waals surface area contributed by atoms with Crippen molar-refractivity contribution < 1.29 is 14.3 Å². The van der Waals surface area contributed by atoms with Crippen molar-refractivity contribution in [2.75, 3.05) is 0 Å². The molecule has 0 saturated heterocycles. The Hall–Kier alpha value is -2.56. The number of oxime groups is 1. The highest BCUT2D eigenvalue weighted by molar-refractivity contribution is 5.99. The number of benzene rings is 2. The third kappa shape index (κ3) is 2.40. The predicted molar refractivity (Wildman–Crippen MR) is 65.4 cm³/mol. The van der Waals surface area contributed by atoms with Crippen LogP contribution in [0.2, 0.25) is 0 Å². The number of rotatable bonds is 3. The van der Waals surface area contributed by atoms with E-state index in [0.29, 0.717) is 11.3 Å². The quantitative estimate of drug-likeness (QED) is 0.378. The minimum Gasteiger partial charge on any atom is -0.454 e. The molecule has 0 bridgehead atoms. The van der Waals surface area contributed by atoms with E-state index in [4.69, 9.17) is 15.7 Å². The van der Waals surface area contributed by atoms with Crippen LogP contribution < -0.4 is 10.5 Å². The number of nitrogens with two attached hydrogens (primary N) is 1. The first-order valence-corrected chi connectivity index (χ1v) is 5.21. The summed E-state index contributed by atoms with van der Waals surface area (Å²) in [4.78, 5) is 0. The van der Waals surface area contributed by atoms with Gasteiger partial charge in [0.15, 0.2) is 17.4 Å². The van der Waals surface area contributed by atoms with Crippen molar-refractivity contribution in [1.82, 2.24) is 0 Å². The smallest absolute Gasteiger partial charge is 0.173 e. The van der Waals surface area contributed by atoms with Crippen LogP contribution in [0.5, 0.6) is 11.5 Å². The summed E-state index contributed by atoms with van der Waals surface area (Å²) < 4.78 is 18.9. The van der Waals surface area contributed by atoms with Gasteiger partial charge in [0.2, 0.25) is 0 Å². The first kappa shape index (κ1) is 11.9. The lowest BCUT2D eigenvalue weighted by atomic mass is 10.2. The molecule has 0 aliphatic heterocycles. The van der Waals surface area contributed by atoms with Gasteiger partial charge in [-0.3, -0.25) is 0 Å². The first-order chi connectivity index (χ1) is 8.72. The minimum absolute atomic E-state index is 0.0793. The summed E-state index contributed by atoms with van der Waals surface area (Å²) in [6.07, 6.45) is 0. The highest BCUT2D eigenvalue weighted by Crippen LogP contribution is 2.26. The second-order valence-corrected chi connectivity index (χ2v) is 3.51. The van der Waals surface area contributed by atoms with Crippen molar-refractivity contribution in [3.05, 3.63) is 59.9 Å². The molecule has 18 heavy (non-hydrogen) atoms. The van der Waals surface area contributed by atoms with Crippen LogP contribution in [0.4, 0.5) is 4.39 Å². The molecule has 0 amide bonds. The second kappa shape index (κ2) is 5.18. The van der Waals surface area contributed by atoms with E-state index in [1.807, 2.05) is 0 Å². The molecule has 0 aromatic heterocycles. The molecular formula is C13H11FN2O2. The lowest BCUT2D eigenvalue weighted by Crippen LogP contribution is -2.14. The molecule has 2 rings (SSSR count). The van der Waals surface area contributed by atoms with E-state index >= 15 is 0 Å². The molecule has 2 aromatic carbocycles. The summed E-state index contributed by atoms with van der Waals surface area (Å²) in [6, 6.07) is 12.7. The van der Waals surface area contributed by atoms with Crippen LogP contribution in [0, 0.1) is 5.82 Å². The van der Waals surface area contributed by atoms with Gasteiger partial charge in [-0.05, 0) is 24.3 Å². The van der Waals surface area contributed by atoms with Crippen LogP contribution in [-0.4, -0.2) is 11.0 Å². The normalized spacial score (nSPS) is 11.3. The fourth-order valence-electron chi connectivity index (χ4n) is 1.47. The van der Waals surface area contributed by atoms with Crippen molar-refractivity contribution in [1.29, 1.82) is 0 Å². The van der Waals surface area contributed by atoms with Gasteiger partial charge in [0.05, 0.1) is 5.56 Å².